The molecule has 9 heteroatoms. The van der Waals surface area contributed by atoms with E-state index in [0.29, 0.717) is 18.9 Å². The summed E-state index contributed by atoms with van der Waals surface area (Å²) in [6.07, 6.45) is 6.52. The van der Waals surface area contributed by atoms with Gasteiger partial charge in [-0.15, -0.1) is 0 Å². The average molecular weight is 461 g/mol. The number of aromatic nitrogens is 2. The van der Waals surface area contributed by atoms with Crippen LogP contribution in [0.3, 0.4) is 0 Å². The molecular formula is C24H37FN6O2. The van der Waals surface area contributed by atoms with E-state index in [0.717, 1.165) is 63.7 Å². The van der Waals surface area contributed by atoms with Gasteiger partial charge in [-0.05, 0) is 45.4 Å². The molecule has 0 aromatic carbocycles. The van der Waals surface area contributed by atoms with Gasteiger partial charge in [-0.3, -0.25) is 10.3 Å². The van der Waals surface area contributed by atoms with Crippen molar-refractivity contribution in [2.75, 3.05) is 44.2 Å². The highest BCUT2D eigenvalue weighted by Crippen LogP contribution is 2.45. The van der Waals surface area contributed by atoms with Crippen LogP contribution in [0.4, 0.5) is 10.2 Å². The normalized spacial score (nSPS) is 38.4. The molecule has 2 aliphatic carbocycles. The summed E-state index contributed by atoms with van der Waals surface area (Å²) in [6, 6.07) is 2.27. The lowest BCUT2D eigenvalue weighted by Gasteiger charge is -2.37. The number of fused-ring (bicyclic) bond motifs is 1. The maximum atomic E-state index is 14.8. The van der Waals surface area contributed by atoms with Gasteiger partial charge < -0.3 is 14.4 Å². The summed E-state index contributed by atoms with van der Waals surface area (Å²) in [4.78, 5) is 14.1. The third-order valence-electron chi connectivity index (χ3n) is 8.32. The predicted octanol–water partition coefficient (Wildman–Crippen LogP) is 1.98. The van der Waals surface area contributed by atoms with E-state index in [2.05, 4.69) is 43.6 Å². The van der Waals surface area contributed by atoms with Crippen LogP contribution in [-0.4, -0.2) is 84.2 Å². The zero-order valence-electron chi connectivity index (χ0n) is 19.6. The molecule has 2 N–H and O–H groups in total. The lowest BCUT2D eigenvalue weighted by Crippen LogP contribution is -2.48. The molecule has 33 heavy (non-hydrogen) atoms. The van der Waals surface area contributed by atoms with Crippen molar-refractivity contribution >= 4 is 5.82 Å². The monoisotopic (exact) mass is 460 g/mol. The number of hydrazine groups is 1. The molecule has 5 aliphatic rings. The molecule has 6 unspecified atom stereocenters. The minimum atomic E-state index is -0.913. The van der Waals surface area contributed by atoms with Gasteiger partial charge in [0.1, 0.15) is 18.3 Å². The summed E-state index contributed by atoms with van der Waals surface area (Å²) in [6.45, 7) is 8.05. The van der Waals surface area contributed by atoms with Gasteiger partial charge in [0.2, 0.25) is 0 Å². The second-order valence-electron chi connectivity index (χ2n) is 10.9. The molecule has 0 radical (unpaired) electrons. The molecule has 3 saturated heterocycles. The fraction of sp³-hybridized carbons (Fsp3) is 0.833. The van der Waals surface area contributed by atoms with E-state index >= 15 is 0 Å². The van der Waals surface area contributed by atoms with Gasteiger partial charge >= 0.3 is 0 Å². The maximum Gasteiger partial charge on any atom is 0.132 e. The molecule has 0 spiro atoms. The van der Waals surface area contributed by atoms with Gasteiger partial charge in [-0.2, -0.15) is 0 Å². The van der Waals surface area contributed by atoms with E-state index in [4.69, 9.17) is 9.47 Å². The highest BCUT2D eigenvalue weighted by Gasteiger charge is 2.50. The fourth-order valence-electron chi connectivity index (χ4n) is 6.00. The number of rotatable bonds is 6. The summed E-state index contributed by atoms with van der Waals surface area (Å²) in [7, 11) is 0. The Bertz CT molecular complexity index is 827. The smallest absolute Gasteiger partial charge is 0.132 e. The number of anilines is 1. The molecule has 6 atom stereocenters. The Hall–Kier alpha value is -1.39. The van der Waals surface area contributed by atoms with Crippen LogP contribution in [0, 0.1) is 5.92 Å². The second kappa shape index (κ2) is 9.00. The molecule has 6 rings (SSSR count). The summed E-state index contributed by atoms with van der Waals surface area (Å²) < 4.78 is 26.8. The number of halogens is 1. The highest BCUT2D eigenvalue weighted by molar-refractivity contribution is 5.40. The zero-order chi connectivity index (χ0) is 22.4. The highest BCUT2D eigenvalue weighted by atomic mass is 19.1. The number of nitrogens with one attached hydrogen (secondary N) is 2. The Labute approximate surface area is 195 Å². The van der Waals surface area contributed by atoms with Gasteiger partial charge in [0.25, 0.3) is 0 Å². The molecule has 182 valence electrons. The molecule has 1 aromatic heterocycles. The van der Waals surface area contributed by atoms with Gasteiger partial charge in [-0.1, -0.05) is 0 Å². The first-order chi connectivity index (χ1) is 16.1. The van der Waals surface area contributed by atoms with Crippen LogP contribution < -0.4 is 15.8 Å². The van der Waals surface area contributed by atoms with Gasteiger partial charge in [-0.25, -0.2) is 19.8 Å². The van der Waals surface area contributed by atoms with Crippen molar-refractivity contribution in [3.63, 3.8) is 0 Å². The topological polar surface area (TPSA) is 74.8 Å². The van der Waals surface area contributed by atoms with Crippen molar-refractivity contribution in [3.05, 3.63) is 18.1 Å². The van der Waals surface area contributed by atoms with Gasteiger partial charge in [0, 0.05) is 57.4 Å². The summed E-state index contributed by atoms with van der Waals surface area (Å²) in [5.74, 6) is 1.25. The molecule has 4 heterocycles. The quantitative estimate of drug-likeness (QED) is 0.668. The largest absolute Gasteiger partial charge is 0.377 e. The van der Waals surface area contributed by atoms with Crippen molar-refractivity contribution in [3.8, 4) is 0 Å². The van der Waals surface area contributed by atoms with Crippen molar-refractivity contribution in [2.45, 2.75) is 81.5 Å². The van der Waals surface area contributed by atoms with Crippen LogP contribution in [0.25, 0.3) is 0 Å². The van der Waals surface area contributed by atoms with E-state index in [-0.39, 0.29) is 29.7 Å². The van der Waals surface area contributed by atoms with Crippen LogP contribution >= 0.6 is 0 Å². The first-order valence-electron chi connectivity index (χ1n) is 12.8. The predicted molar refractivity (Wildman–Crippen MR) is 123 cm³/mol. The second-order valence-corrected chi connectivity index (χ2v) is 10.9. The van der Waals surface area contributed by atoms with E-state index in [1.807, 2.05) is 0 Å². The molecule has 2 saturated carbocycles. The zero-order valence-corrected chi connectivity index (χ0v) is 19.6. The number of alkyl halides is 1. The average Bonchev–Trinajstić information content (AvgIpc) is 3.18. The Morgan fingerprint density at radius 1 is 1.18 bits per heavy atom. The number of hydrogen-bond donors (Lipinski definition) is 2. The standard InChI is InChI=1S/C24H37FN6O2/c1-24(4-5-24)33-21-11-17-19(12-18(21)25)28-29-23(17)20-13-22(27-15-26-20)31-8-6-30(7-9-31)14-16-3-2-10-32-16/h13,15-19,21,23,28-29H,2-12,14H2,1H3. The number of nitrogens with zero attached hydrogens (tertiary/aromatic N) is 4. The van der Waals surface area contributed by atoms with E-state index in [1.165, 1.54) is 12.8 Å². The minimum absolute atomic E-state index is 0.0446. The third-order valence-corrected chi connectivity index (χ3v) is 8.32. The molecule has 3 aliphatic heterocycles. The molecule has 8 nitrogen and oxygen atoms in total. The van der Waals surface area contributed by atoms with Crippen LogP contribution in [0.5, 0.6) is 0 Å². The lowest BCUT2D eigenvalue weighted by molar-refractivity contribution is -0.0886. The fourth-order valence-corrected chi connectivity index (χ4v) is 6.00. The summed E-state index contributed by atoms with van der Waals surface area (Å²) >= 11 is 0. The molecule has 0 amide bonds. The third kappa shape index (κ3) is 4.75. The maximum absolute atomic E-state index is 14.8. The Kier molecular flexibility index (Phi) is 6.03. The summed E-state index contributed by atoms with van der Waals surface area (Å²) in [5.41, 5.74) is 7.62. The molecule has 1 aromatic rings. The van der Waals surface area contributed by atoms with Crippen molar-refractivity contribution in [2.24, 2.45) is 5.92 Å². The Balaban J connectivity index is 1.09. The Morgan fingerprint density at radius 3 is 2.79 bits per heavy atom. The Morgan fingerprint density at radius 2 is 2.03 bits per heavy atom. The van der Waals surface area contributed by atoms with Crippen molar-refractivity contribution < 1.29 is 13.9 Å². The van der Waals surface area contributed by atoms with E-state index < -0.39 is 6.17 Å². The first-order valence-corrected chi connectivity index (χ1v) is 12.8. The van der Waals surface area contributed by atoms with Crippen LogP contribution in [0.15, 0.2) is 12.4 Å². The lowest BCUT2D eigenvalue weighted by atomic mass is 9.78. The molecule has 5 fully saturated rings. The first kappa shape index (κ1) is 22.1. The molecular weight excluding hydrogens is 423 g/mol. The summed E-state index contributed by atoms with van der Waals surface area (Å²) in [5, 5.41) is 0. The van der Waals surface area contributed by atoms with E-state index in [1.54, 1.807) is 6.33 Å². The SMILES string of the molecule is CC1(OC2CC3C(CC2F)NNC3c2cc(N3CCN(CC4CCCO4)CC3)ncn2)CC1. The van der Waals surface area contributed by atoms with Crippen LogP contribution in [0.1, 0.15) is 57.2 Å². The van der Waals surface area contributed by atoms with Gasteiger partial charge in [0.05, 0.1) is 29.5 Å². The van der Waals surface area contributed by atoms with Crippen molar-refractivity contribution in [1.29, 1.82) is 0 Å². The number of piperazine rings is 1. The minimum Gasteiger partial charge on any atom is -0.377 e. The van der Waals surface area contributed by atoms with Gasteiger partial charge in [0.15, 0.2) is 0 Å². The number of hydrogen-bond acceptors (Lipinski definition) is 8. The number of ether oxygens (including phenoxy) is 2. The molecule has 0 bridgehead atoms. The van der Waals surface area contributed by atoms with Crippen LogP contribution in [-0.2, 0) is 9.47 Å². The van der Waals surface area contributed by atoms with Crippen molar-refractivity contribution in [1.82, 2.24) is 25.7 Å². The van der Waals surface area contributed by atoms with Crippen LogP contribution in [0.2, 0.25) is 0 Å². The van der Waals surface area contributed by atoms with E-state index in [9.17, 15) is 4.39 Å².